The summed E-state index contributed by atoms with van der Waals surface area (Å²) < 4.78 is 26.1. The number of para-hydroxylation sites is 2. The zero-order chi connectivity index (χ0) is 21.5. The van der Waals surface area contributed by atoms with Crippen LogP contribution in [0.15, 0.2) is 57.7 Å². The Morgan fingerprint density at radius 1 is 0.933 bits per heavy atom. The second kappa shape index (κ2) is 9.60. The minimum Gasteiger partial charge on any atom is -0.490 e. The monoisotopic (exact) mass is 412 g/mol. The Bertz CT molecular complexity index is 1120. The Morgan fingerprint density at radius 3 is 2.37 bits per heavy atom. The van der Waals surface area contributed by atoms with Crippen LogP contribution in [-0.4, -0.2) is 31.8 Å². The summed E-state index contributed by atoms with van der Waals surface area (Å²) in [7, 11) is 0. The van der Waals surface area contributed by atoms with Gasteiger partial charge in [-0.15, -0.1) is 0 Å². The highest BCUT2D eigenvalue weighted by atomic mass is 16.6. The zero-order valence-electron chi connectivity index (χ0n) is 16.5. The summed E-state index contributed by atoms with van der Waals surface area (Å²) >= 11 is 0. The van der Waals surface area contributed by atoms with Crippen LogP contribution in [-0.2, 0) is 9.53 Å². The van der Waals surface area contributed by atoms with Gasteiger partial charge in [-0.2, -0.15) is 0 Å². The van der Waals surface area contributed by atoms with Crippen molar-refractivity contribution < 1.29 is 33.0 Å². The fraction of sp³-hybridized carbons (Fsp3) is 0.227. The lowest BCUT2D eigenvalue weighted by Crippen LogP contribution is -2.18. The quantitative estimate of drug-likeness (QED) is 0.315. The number of esters is 2. The van der Waals surface area contributed by atoms with E-state index in [-0.39, 0.29) is 30.1 Å². The number of hydrogen-bond donors (Lipinski definition) is 0. The first-order valence-electron chi connectivity index (χ1n) is 9.32. The molecule has 0 N–H and O–H groups in total. The maximum atomic E-state index is 12.1. The van der Waals surface area contributed by atoms with Gasteiger partial charge >= 0.3 is 17.6 Å². The molecule has 3 rings (SSSR count). The molecule has 0 atom stereocenters. The SMILES string of the molecule is CCOC(=O)c1cc2ccc(OC(=O)COc3ccccc3OCC)cc2oc1=O. The van der Waals surface area contributed by atoms with Crippen molar-refractivity contribution >= 4 is 22.9 Å². The van der Waals surface area contributed by atoms with Crippen LogP contribution in [0.2, 0.25) is 0 Å². The molecule has 0 aliphatic rings. The predicted octanol–water partition coefficient (Wildman–Crippen LogP) is 3.35. The highest BCUT2D eigenvalue weighted by molar-refractivity contribution is 5.93. The van der Waals surface area contributed by atoms with E-state index in [4.69, 9.17) is 23.4 Å². The number of carbonyl (C=O) groups is 2. The van der Waals surface area contributed by atoms with Gasteiger partial charge in [-0.1, -0.05) is 12.1 Å². The van der Waals surface area contributed by atoms with Gasteiger partial charge in [0, 0.05) is 11.5 Å². The van der Waals surface area contributed by atoms with Gasteiger partial charge in [-0.05, 0) is 44.2 Å². The predicted molar refractivity (Wildman–Crippen MR) is 107 cm³/mol. The molecule has 0 amide bonds. The average Bonchev–Trinajstić information content (AvgIpc) is 2.73. The van der Waals surface area contributed by atoms with Crippen LogP contribution >= 0.6 is 0 Å². The second-order valence-electron chi connectivity index (χ2n) is 6.01. The first-order chi connectivity index (χ1) is 14.5. The summed E-state index contributed by atoms with van der Waals surface area (Å²) in [6, 6.07) is 12.8. The number of benzene rings is 2. The molecule has 0 radical (unpaired) electrons. The van der Waals surface area contributed by atoms with Gasteiger partial charge in [-0.3, -0.25) is 0 Å². The molecule has 0 bridgehead atoms. The summed E-state index contributed by atoms with van der Waals surface area (Å²) in [4.78, 5) is 36.0. The van der Waals surface area contributed by atoms with Crippen molar-refractivity contribution in [1.82, 2.24) is 0 Å². The van der Waals surface area contributed by atoms with Crippen LogP contribution in [0.4, 0.5) is 0 Å². The van der Waals surface area contributed by atoms with Crippen LogP contribution in [0.25, 0.3) is 11.0 Å². The molecule has 1 heterocycles. The molecule has 2 aromatic carbocycles. The first kappa shape index (κ1) is 20.9. The molecule has 8 nitrogen and oxygen atoms in total. The standard InChI is InChI=1S/C22H20O8/c1-3-26-17-7-5-6-8-18(17)28-13-20(23)29-15-10-9-14-11-16(21(24)27-4-2)22(25)30-19(14)12-15/h5-12H,3-4,13H2,1-2H3. The molecule has 3 aromatic rings. The van der Waals surface area contributed by atoms with E-state index in [1.807, 2.05) is 6.92 Å². The molecule has 0 aliphatic carbocycles. The van der Waals surface area contributed by atoms with Gasteiger partial charge in [0.2, 0.25) is 0 Å². The van der Waals surface area contributed by atoms with Crippen LogP contribution in [0.3, 0.4) is 0 Å². The van der Waals surface area contributed by atoms with Crippen molar-refractivity contribution in [2.45, 2.75) is 13.8 Å². The Hall–Kier alpha value is -3.81. The number of rotatable bonds is 8. The van der Waals surface area contributed by atoms with E-state index < -0.39 is 17.6 Å². The van der Waals surface area contributed by atoms with Crippen molar-refractivity contribution in [3.05, 3.63) is 64.5 Å². The molecule has 30 heavy (non-hydrogen) atoms. The van der Waals surface area contributed by atoms with Crippen molar-refractivity contribution in [1.29, 1.82) is 0 Å². The van der Waals surface area contributed by atoms with Crippen LogP contribution < -0.4 is 19.8 Å². The van der Waals surface area contributed by atoms with Gasteiger partial charge < -0.3 is 23.4 Å². The van der Waals surface area contributed by atoms with E-state index in [0.29, 0.717) is 23.5 Å². The fourth-order valence-corrected chi connectivity index (χ4v) is 2.65. The van der Waals surface area contributed by atoms with Gasteiger partial charge in [-0.25, -0.2) is 14.4 Å². The molecule has 0 fully saturated rings. The summed E-state index contributed by atoms with van der Waals surface area (Å²) in [6.07, 6.45) is 0. The van der Waals surface area contributed by atoms with Crippen molar-refractivity contribution in [3.8, 4) is 17.2 Å². The van der Waals surface area contributed by atoms with E-state index in [2.05, 4.69) is 0 Å². The summed E-state index contributed by atoms with van der Waals surface area (Å²) in [5.41, 5.74) is -0.864. The highest BCUT2D eigenvalue weighted by Gasteiger charge is 2.16. The maximum absolute atomic E-state index is 12.1. The minimum atomic E-state index is -0.833. The third kappa shape index (κ3) is 4.96. The van der Waals surface area contributed by atoms with Crippen molar-refractivity contribution in [3.63, 3.8) is 0 Å². The summed E-state index contributed by atoms with van der Waals surface area (Å²) in [5, 5.41) is 0.486. The first-order valence-corrected chi connectivity index (χ1v) is 9.32. The van der Waals surface area contributed by atoms with E-state index in [9.17, 15) is 14.4 Å². The fourth-order valence-electron chi connectivity index (χ4n) is 2.65. The molecular formula is C22H20O8. The molecule has 0 saturated carbocycles. The van der Waals surface area contributed by atoms with Crippen molar-refractivity contribution in [2.24, 2.45) is 0 Å². The van der Waals surface area contributed by atoms with Gasteiger partial charge in [0.25, 0.3) is 0 Å². The molecule has 0 aliphatic heterocycles. The smallest absolute Gasteiger partial charge is 0.351 e. The Labute approximate surface area is 171 Å². The van der Waals surface area contributed by atoms with Crippen molar-refractivity contribution in [2.75, 3.05) is 19.8 Å². The Balaban J connectivity index is 1.70. The number of fused-ring (bicyclic) bond motifs is 1. The Kier molecular flexibility index (Phi) is 6.69. The number of ether oxygens (including phenoxy) is 4. The number of carbonyl (C=O) groups excluding carboxylic acids is 2. The molecule has 8 heteroatoms. The van der Waals surface area contributed by atoms with E-state index >= 15 is 0 Å². The van der Waals surface area contributed by atoms with E-state index in [1.165, 1.54) is 18.2 Å². The largest absolute Gasteiger partial charge is 0.490 e. The van der Waals surface area contributed by atoms with Crippen LogP contribution in [0.1, 0.15) is 24.2 Å². The van der Waals surface area contributed by atoms with Crippen LogP contribution in [0.5, 0.6) is 17.2 Å². The minimum absolute atomic E-state index is 0.141. The maximum Gasteiger partial charge on any atom is 0.351 e. The normalized spacial score (nSPS) is 10.5. The molecule has 0 spiro atoms. The van der Waals surface area contributed by atoms with E-state index in [1.54, 1.807) is 37.3 Å². The zero-order valence-corrected chi connectivity index (χ0v) is 16.5. The molecule has 0 saturated heterocycles. The molecule has 1 aromatic heterocycles. The van der Waals surface area contributed by atoms with E-state index in [0.717, 1.165) is 0 Å². The average molecular weight is 412 g/mol. The molecule has 156 valence electrons. The molecule has 0 unspecified atom stereocenters. The lowest BCUT2D eigenvalue weighted by Gasteiger charge is -2.11. The van der Waals surface area contributed by atoms with Crippen LogP contribution in [0, 0.1) is 0 Å². The van der Waals surface area contributed by atoms with Gasteiger partial charge in [0.1, 0.15) is 16.9 Å². The lowest BCUT2D eigenvalue weighted by molar-refractivity contribution is -0.136. The van der Waals surface area contributed by atoms with Gasteiger partial charge in [0.05, 0.1) is 13.2 Å². The third-order valence-corrected chi connectivity index (χ3v) is 3.93. The van der Waals surface area contributed by atoms with Gasteiger partial charge in [0.15, 0.2) is 18.1 Å². The lowest BCUT2D eigenvalue weighted by atomic mass is 10.2. The Morgan fingerprint density at radius 2 is 1.67 bits per heavy atom. The number of hydrogen-bond acceptors (Lipinski definition) is 8. The molecular weight excluding hydrogens is 392 g/mol. The second-order valence-corrected chi connectivity index (χ2v) is 6.01. The third-order valence-electron chi connectivity index (χ3n) is 3.93. The highest BCUT2D eigenvalue weighted by Crippen LogP contribution is 2.26. The summed E-state index contributed by atoms with van der Waals surface area (Å²) in [5.74, 6) is -0.287. The topological polar surface area (TPSA) is 101 Å². The summed E-state index contributed by atoms with van der Waals surface area (Å²) in [6.45, 7) is 3.75.